The van der Waals surface area contributed by atoms with Crippen LogP contribution in [-0.4, -0.2) is 18.4 Å². The van der Waals surface area contributed by atoms with Crippen molar-refractivity contribution >= 4 is 50.4 Å². The van der Waals surface area contributed by atoms with Crippen molar-refractivity contribution in [2.24, 2.45) is 0 Å². The van der Waals surface area contributed by atoms with E-state index in [0.717, 1.165) is 8.66 Å². The Morgan fingerprint density at radius 1 is 1.19 bits per heavy atom. The first-order chi connectivity index (χ1) is 10.1. The molecule has 0 unspecified atom stereocenters. The van der Waals surface area contributed by atoms with Crippen molar-refractivity contribution in [3.05, 3.63) is 43.2 Å². The Bertz CT molecular complexity index is 596. The van der Waals surface area contributed by atoms with Gasteiger partial charge in [-0.25, -0.2) is 0 Å². The Labute approximate surface area is 139 Å². The molecule has 112 valence electrons. The largest absolute Gasteiger partial charge is 0.352 e. The lowest BCUT2D eigenvalue weighted by Gasteiger charge is -2.05. The standard InChI is InChI=1S/C14H15BrN2O2S2/c15-12-4-3-11(21-12)8-17-13(18)2-1-6-16-14(19)10-5-7-20-9-10/h3-5,7,9H,1-2,6,8H2,(H,16,19)(H,17,18). The molecule has 0 atom stereocenters. The van der Waals surface area contributed by atoms with E-state index in [9.17, 15) is 9.59 Å². The smallest absolute Gasteiger partial charge is 0.252 e. The first kappa shape index (κ1) is 16.2. The second kappa shape index (κ2) is 8.31. The van der Waals surface area contributed by atoms with Gasteiger partial charge in [0.05, 0.1) is 10.3 Å². The Hall–Kier alpha value is -1.18. The Morgan fingerprint density at radius 2 is 2.05 bits per heavy atom. The predicted molar refractivity (Wildman–Crippen MR) is 89.8 cm³/mol. The van der Waals surface area contributed by atoms with Gasteiger partial charge in [-0.15, -0.1) is 11.3 Å². The number of carbonyl (C=O) groups excluding carboxylic acids is 2. The average molecular weight is 387 g/mol. The minimum atomic E-state index is -0.0832. The summed E-state index contributed by atoms with van der Waals surface area (Å²) in [5, 5.41) is 9.34. The fourth-order valence-corrected chi connectivity index (χ4v) is 3.73. The highest BCUT2D eigenvalue weighted by atomic mass is 79.9. The molecule has 0 aliphatic carbocycles. The van der Waals surface area contributed by atoms with E-state index in [0.29, 0.717) is 31.5 Å². The molecule has 0 aliphatic rings. The number of hydrogen-bond donors (Lipinski definition) is 2. The van der Waals surface area contributed by atoms with Gasteiger partial charge in [0, 0.05) is 28.8 Å². The van der Waals surface area contributed by atoms with E-state index in [2.05, 4.69) is 26.6 Å². The van der Waals surface area contributed by atoms with E-state index in [1.807, 2.05) is 17.5 Å². The maximum atomic E-state index is 11.7. The van der Waals surface area contributed by atoms with Crippen molar-refractivity contribution in [3.63, 3.8) is 0 Å². The second-order valence-corrected chi connectivity index (χ2v) is 7.68. The molecule has 21 heavy (non-hydrogen) atoms. The summed E-state index contributed by atoms with van der Waals surface area (Å²) in [5.74, 6) is -0.0793. The topological polar surface area (TPSA) is 58.2 Å². The molecule has 2 amide bonds. The Balaban J connectivity index is 1.58. The first-order valence-electron chi connectivity index (χ1n) is 6.46. The van der Waals surface area contributed by atoms with E-state index < -0.39 is 0 Å². The maximum Gasteiger partial charge on any atom is 0.252 e. The summed E-state index contributed by atoms with van der Waals surface area (Å²) in [6, 6.07) is 5.73. The van der Waals surface area contributed by atoms with E-state index in [-0.39, 0.29) is 11.8 Å². The van der Waals surface area contributed by atoms with Gasteiger partial charge in [0.2, 0.25) is 5.91 Å². The molecule has 2 heterocycles. The van der Waals surface area contributed by atoms with Crippen LogP contribution in [0.4, 0.5) is 0 Å². The number of thiophene rings is 2. The molecule has 0 saturated carbocycles. The summed E-state index contributed by atoms with van der Waals surface area (Å²) in [4.78, 5) is 24.4. The molecule has 7 heteroatoms. The van der Waals surface area contributed by atoms with E-state index in [1.54, 1.807) is 22.8 Å². The van der Waals surface area contributed by atoms with Crippen LogP contribution in [-0.2, 0) is 11.3 Å². The number of hydrogen-bond acceptors (Lipinski definition) is 4. The second-order valence-electron chi connectivity index (χ2n) is 4.35. The molecule has 2 aromatic heterocycles. The molecule has 2 N–H and O–H groups in total. The fraction of sp³-hybridized carbons (Fsp3) is 0.286. The van der Waals surface area contributed by atoms with Crippen LogP contribution in [0.15, 0.2) is 32.7 Å². The molecule has 0 fully saturated rings. The number of carbonyl (C=O) groups is 2. The molecule has 4 nitrogen and oxygen atoms in total. The molecule has 2 aromatic rings. The van der Waals surface area contributed by atoms with Crippen molar-refractivity contribution in [1.82, 2.24) is 10.6 Å². The van der Waals surface area contributed by atoms with Gasteiger partial charge in [0.1, 0.15) is 0 Å². The van der Waals surface area contributed by atoms with E-state index in [1.165, 1.54) is 11.3 Å². The molecule has 0 aromatic carbocycles. The minimum absolute atomic E-state index is 0.00399. The highest BCUT2D eigenvalue weighted by Gasteiger charge is 2.06. The molecule has 0 saturated heterocycles. The molecule has 0 aliphatic heterocycles. The van der Waals surface area contributed by atoms with Gasteiger partial charge in [0.25, 0.3) is 5.91 Å². The fourth-order valence-electron chi connectivity index (χ4n) is 1.67. The highest BCUT2D eigenvalue weighted by Crippen LogP contribution is 2.21. The minimum Gasteiger partial charge on any atom is -0.352 e. The third-order valence-electron chi connectivity index (χ3n) is 2.74. The zero-order valence-corrected chi connectivity index (χ0v) is 14.4. The Kier molecular flexibility index (Phi) is 6.41. The van der Waals surface area contributed by atoms with Gasteiger partial charge in [-0.1, -0.05) is 0 Å². The molecule has 0 spiro atoms. The first-order valence-corrected chi connectivity index (χ1v) is 9.01. The van der Waals surface area contributed by atoms with E-state index in [4.69, 9.17) is 0 Å². The van der Waals surface area contributed by atoms with Crippen LogP contribution in [0.25, 0.3) is 0 Å². The van der Waals surface area contributed by atoms with Crippen LogP contribution in [0.2, 0.25) is 0 Å². The van der Waals surface area contributed by atoms with Crippen molar-refractivity contribution < 1.29 is 9.59 Å². The summed E-state index contributed by atoms with van der Waals surface area (Å²) >= 11 is 6.48. The molecule has 2 rings (SSSR count). The summed E-state index contributed by atoms with van der Waals surface area (Å²) in [5.41, 5.74) is 0.674. The lowest BCUT2D eigenvalue weighted by atomic mass is 10.2. The van der Waals surface area contributed by atoms with Crippen molar-refractivity contribution in [3.8, 4) is 0 Å². The van der Waals surface area contributed by atoms with Crippen LogP contribution in [0.3, 0.4) is 0 Å². The monoisotopic (exact) mass is 386 g/mol. The summed E-state index contributed by atoms with van der Waals surface area (Å²) < 4.78 is 1.06. The summed E-state index contributed by atoms with van der Waals surface area (Å²) in [6.07, 6.45) is 1.05. The maximum absolute atomic E-state index is 11.7. The van der Waals surface area contributed by atoms with Crippen molar-refractivity contribution in [2.75, 3.05) is 6.54 Å². The predicted octanol–water partition coefficient (Wildman–Crippen LogP) is 3.40. The lowest BCUT2D eigenvalue weighted by Crippen LogP contribution is -2.27. The molecular formula is C14H15BrN2O2S2. The Morgan fingerprint density at radius 3 is 2.71 bits per heavy atom. The summed E-state index contributed by atoms with van der Waals surface area (Å²) in [7, 11) is 0. The van der Waals surface area contributed by atoms with Gasteiger partial charge >= 0.3 is 0 Å². The van der Waals surface area contributed by atoms with Crippen LogP contribution < -0.4 is 10.6 Å². The van der Waals surface area contributed by atoms with Gasteiger partial charge in [-0.3, -0.25) is 9.59 Å². The quantitative estimate of drug-likeness (QED) is 0.716. The van der Waals surface area contributed by atoms with Gasteiger partial charge in [-0.2, -0.15) is 11.3 Å². The SMILES string of the molecule is O=C(CCCNC(=O)c1ccsc1)NCc1ccc(Br)s1. The third kappa shape index (κ3) is 5.61. The normalized spacial score (nSPS) is 10.3. The van der Waals surface area contributed by atoms with E-state index >= 15 is 0 Å². The zero-order valence-electron chi connectivity index (χ0n) is 11.2. The lowest BCUT2D eigenvalue weighted by molar-refractivity contribution is -0.121. The molecule has 0 radical (unpaired) electrons. The van der Waals surface area contributed by atoms with Crippen LogP contribution in [0.1, 0.15) is 28.1 Å². The number of amides is 2. The van der Waals surface area contributed by atoms with Crippen molar-refractivity contribution in [2.45, 2.75) is 19.4 Å². The van der Waals surface area contributed by atoms with Crippen LogP contribution in [0.5, 0.6) is 0 Å². The van der Waals surface area contributed by atoms with Crippen LogP contribution >= 0.6 is 38.6 Å². The third-order valence-corrected chi connectivity index (χ3v) is 5.05. The highest BCUT2D eigenvalue weighted by molar-refractivity contribution is 9.11. The molecular weight excluding hydrogens is 372 g/mol. The van der Waals surface area contributed by atoms with Gasteiger partial charge in [-0.05, 0) is 45.9 Å². The number of halogens is 1. The zero-order chi connectivity index (χ0) is 15.1. The average Bonchev–Trinajstić information content (AvgIpc) is 3.12. The van der Waals surface area contributed by atoms with Crippen LogP contribution in [0, 0.1) is 0 Å². The van der Waals surface area contributed by atoms with Crippen molar-refractivity contribution in [1.29, 1.82) is 0 Å². The molecule has 0 bridgehead atoms. The van der Waals surface area contributed by atoms with Gasteiger partial charge in [0.15, 0.2) is 0 Å². The number of nitrogens with one attached hydrogen (secondary N) is 2. The number of rotatable bonds is 7. The summed E-state index contributed by atoms with van der Waals surface area (Å²) in [6.45, 7) is 1.06. The van der Waals surface area contributed by atoms with Gasteiger partial charge < -0.3 is 10.6 Å².